The Hall–Kier alpha value is -3.72. The Kier molecular flexibility index (Phi) is 6.41. The van der Waals surface area contributed by atoms with Gasteiger partial charge in [-0.15, -0.1) is 0 Å². The van der Waals surface area contributed by atoms with Crippen molar-refractivity contribution in [2.75, 3.05) is 20.8 Å². The monoisotopic (exact) mass is 465 g/mol. The van der Waals surface area contributed by atoms with Gasteiger partial charge in [0, 0.05) is 12.4 Å². The van der Waals surface area contributed by atoms with Gasteiger partial charge in [-0.3, -0.25) is 14.3 Å². The van der Waals surface area contributed by atoms with E-state index in [2.05, 4.69) is 9.98 Å². The molecule has 0 spiro atoms. The van der Waals surface area contributed by atoms with Crippen LogP contribution < -0.4 is 24.4 Å². The lowest BCUT2D eigenvalue weighted by atomic mass is 9.95. The summed E-state index contributed by atoms with van der Waals surface area (Å²) in [6.07, 6.45) is 5.12. The van der Waals surface area contributed by atoms with Gasteiger partial charge in [0.05, 0.1) is 42.7 Å². The van der Waals surface area contributed by atoms with E-state index in [-0.39, 0.29) is 12.2 Å². The van der Waals surface area contributed by atoms with E-state index in [1.807, 2.05) is 12.1 Å². The number of methoxy groups -OCH3 is 2. The number of hydrogen-bond donors (Lipinski definition) is 0. The fourth-order valence-electron chi connectivity index (χ4n) is 3.74. The molecule has 8 nitrogen and oxygen atoms in total. The van der Waals surface area contributed by atoms with E-state index in [1.165, 1.54) is 23.0 Å². The molecule has 0 fully saturated rings. The molecular weight excluding hydrogens is 442 g/mol. The van der Waals surface area contributed by atoms with E-state index in [1.54, 1.807) is 57.6 Å². The van der Waals surface area contributed by atoms with Gasteiger partial charge in [-0.1, -0.05) is 23.5 Å². The topological polar surface area (TPSA) is 92.0 Å². The van der Waals surface area contributed by atoms with Crippen LogP contribution in [-0.4, -0.2) is 36.3 Å². The number of esters is 1. The van der Waals surface area contributed by atoms with Crippen molar-refractivity contribution in [2.45, 2.75) is 19.9 Å². The summed E-state index contributed by atoms with van der Waals surface area (Å²) in [5.41, 5.74) is 2.04. The number of benzene rings is 1. The minimum absolute atomic E-state index is 0.208. The molecule has 4 rings (SSSR count). The summed E-state index contributed by atoms with van der Waals surface area (Å²) in [5.74, 6) is 0.522. The quantitative estimate of drug-likeness (QED) is 0.519. The summed E-state index contributed by atoms with van der Waals surface area (Å²) in [5, 5.41) is 0. The average molecular weight is 466 g/mol. The first-order valence-corrected chi connectivity index (χ1v) is 11.1. The lowest BCUT2D eigenvalue weighted by Crippen LogP contribution is -2.40. The zero-order valence-electron chi connectivity index (χ0n) is 18.7. The summed E-state index contributed by atoms with van der Waals surface area (Å²) in [4.78, 5) is 35.7. The zero-order valence-corrected chi connectivity index (χ0v) is 19.5. The molecule has 1 aromatic carbocycles. The van der Waals surface area contributed by atoms with E-state index < -0.39 is 12.0 Å². The van der Waals surface area contributed by atoms with Crippen molar-refractivity contribution in [1.29, 1.82) is 0 Å². The van der Waals surface area contributed by atoms with Gasteiger partial charge in [0.25, 0.3) is 5.56 Å². The molecule has 3 aromatic rings. The molecular formula is C24H23N3O5S. The van der Waals surface area contributed by atoms with Gasteiger partial charge in [-0.25, -0.2) is 9.79 Å². The van der Waals surface area contributed by atoms with E-state index in [4.69, 9.17) is 14.2 Å². The lowest BCUT2D eigenvalue weighted by molar-refractivity contribution is -0.139. The van der Waals surface area contributed by atoms with Crippen molar-refractivity contribution in [3.8, 4) is 11.5 Å². The van der Waals surface area contributed by atoms with Crippen LogP contribution in [0.5, 0.6) is 11.5 Å². The van der Waals surface area contributed by atoms with Gasteiger partial charge < -0.3 is 14.2 Å². The molecule has 9 heteroatoms. The minimum atomic E-state index is -0.726. The first-order chi connectivity index (χ1) is 16.0. The lowest BCUT2D eigenvalue weighted by Gasteiger charge is -2.25. The zero-order chi connectivity index (χ0) is 23.5. The maximum absolute atomic E-state index is 13.5. The Balaban J connectivity index is 1.98. The summed E-state index contributed by atoms with van der Waals surface area (Å²) in [7, 11) is 3.08. The van der Waals surface area contributed by atoms with Crippen LogP contribution in [0.3, 0.4) is 0 Å². The number of aromatic nitrogens is 2. The predicted octanol–water partition coefficient (Wildman–Crippen LogP) is 2.21. The van der Waals surface area contributed by atoms with Crippen molar-refractivity contribution in [3.63, 3.8) is 0 Å². The summed E-state index contributed by atoms with van der Waals surface area (Å²) in [6.45, 7) is 3.69. The molecule has 1 aliphatic heterocycles. The van der Waals surface area contributed by atoms with E-state index in [0.717, 1.165) is 5.56 Å². The number of carbonyl (C=O) groups excluding carboxylic acids is 1. The number of pyridine rings is 1. The summed E-state index contributed by atoms with van der Waals surface area (Å²) in [6, 6.07) is 8.26. The Morgan fingerprint density at radius 2 is 2.00 bits per heavy atom. The molecule has 0 saturated carbocycles. The molecule has 0 unspecified atom stereocenters. The van der Waals surface area contributed by atoms with Crippen molar-refractivity contribution in [2.24, 2.45) is 4.99 Å². The normalized spacial score (nSPS) is 15.6. The summed E-state index contributed by atoms with van der Waals surface area (Å²) < 4.78 is 18.2. The smallest absolute Gasteiger partial charge is 0.338 e. The number of rotatable bonds is 6. The number of ether oxygens (including phenoxy) is 3. The van der Waals surface area contributed by atoms with Crippen LogP contribution in [0.2, 0.25) is 0 Å². The molecule has 1 aliphatic rings. The van der Waals surface area contributed by atoms with Crippen LogP contribution in [0.25, 0.3) is 6.08 Å². The highest BCUT2D eigenvalue weighted by molar-refractivity contribution is 7.07. The van der Waals surface area contributed by atoms with Gasteiger partial charge in [-0.05, 0) is 49.2 Å². The molecule has 3 heterocycles. The second-order valence-electron chi connectivity index (χ2n) is 7.20. The standard InChI is InChI=1S/C24H23N3O5S/c1-5-32-23(29)20-14(2)26-24-27(21(20)16-8-9-17(30-3)18(12-16)31-4)22(28)19(33-24)11-15-7-6-10-25-13-15/h6-13,21H,5H2,1-4H3/b19-11-/t21-/m1/s1. The van der Waals surface area contributed by atoms with Gasteiger partial charge in [-0.2, -0.15) is 0 Å². The maximum Gasteiger partial charge on any atom is 0.338 e. The Morgan fingerprint density at radius 3 is 2.67 bits per heavy atom. The van der Waals surface area contributed by atoms with Gasteiger partial charge in [0.15, 0.2) is 16.3 Å². The van der Waals surface area contributed by atoms with Crippen molar-refractivity contribution >= 4 is 23.4 Å². The fourth-order valence-corrected chi connectivity index (χ4v) is 4.79. The Labute approximate surface area is 194 Å². The highest BCUT2D eigenvalue weighted by atomic mass is 32.1. The van der Waals surface area contributed by atoms with E-state index >= 15 is 0 Å². The number of carbonyl (C=O) groups is 1. The third-order valence-corrected chi connectivity index (χ3v) is 6.21. The van der Waals surface area contributed by atoms with Crippen LogP contribution in [0.1, 0.15) is 31.0 Å². The number of allylic oxidation sites excluding steroid dienone is 1. The molecule has 0 N–H and O–H groups in total. The molecule has 0 amide bonds. The number of thiazole rings is 1. The van der Waals surface area contributed by atoms with E-state index in [9.17, 15) is 9.59 Å². The minimum Gasteiger partial charge on any atom is -0.493 e. The van der Waals surface area contributed by atoms with Crippen LogP contribution in [0.4, 0.5) is 0 Å². The van der Waals surface area contributed by atoms with Crippen LogP contribution >= 0.6 is 11.3 Å². The Morgan fingerprint density at radius 1 is 1.21 bits per heavy atom. The van der Waals surface area contributed by atoms with E-state index in [0.29, 0.717) is 37.7 Å². The van der Waals surface area contributed by atoms with Crippen LogP contribution in [0, 0.1) is 0 Å². The Bertz CT molecular complexity index is 1410. The number of fused-ring (bicyclic) bond motifs is 1. The molecule has 170 valence electrons. The molecule has 1 atom stereocenters. The highest BCUT2D eigenvalue weighted by Crippen LogP contribution is 2.36. The largest absolute Gasteiger partial charge is 0.493 e. The molecule has 0 saturated heterocycles. The van der Waals surface area contributed by atoms with Crippen molar-refractivity contribution in [3.05, 3.63) is 84.8 Å². The second kappa shape index (κ2) is 9.41. The first kappa shape index (κ1) is 22.5. The first-order valence-electron chi connectivity index (χ1n) is 10.3. The SMILES string of the molecule is CCOC(=O)C1=C(C)N=c2s/c(=C\c3cccnc3)c(=O)n2[C@@H]1c1ccc(OC)c(OC)c1. The molecule has 0 radical (unpaired) electrons. The third-order valence-electron chi connectivity index (χ3n) is 5.22. The number of hydrogen-bond acceptors (Lipinski definition) is 8. The fraction of sp³-hybridized carbons (Fsp3) is 0.250. The number of nitrogens with zero attached hydrogens (tertiary/aromatic N) is 3. The third kappa shape index (κ3) is 4.19. The molecule has 2 aromatic heterocycles. The van der Waals surface area contributed by atoms with Crippen LogP contribution in [-0.2, 0) is 9.53 Å². The molecule has 0 aliphatic carbocycles. The van der Waals surface area contributed by atoms with Crippen molar-refractivity contribution in [1.82, 2.24) is 9.55 Å². The average Bonchev–Trinajstić information content (AvgIpc) is 3.12. The molecule has 33 heavy (non-hydrogen) atoms. The van der Waals surface area contributed by atoms with Crippen molar-refractivity contribution < 1.29 is 19.0 Å². The maximum atomic E-state index is 13.5. The highest BCUT2D eigenvalue weighted by Gasteiger charge is 2.33. The molecule has 0 bridgehead atoms. The second-order valence-corrected chi connectivity index (χ2v) is 8.21. The summed E-state index contributed by atoms with van der Waals surface area (Å²) >= 11 is 1.26. The van der Waals surface area contributed by atoms with Crippen LogP contribution in [0.15, 0.2) is 63.8 Å². The van der Waals surface area contributed by atoms with Gasteiger partial charge in [0.1, 0.15) is 0 Å². The van der Waals surface area contributed by atoms with Gasteiger partial charge >= 0.3 is 5.97 Å². The predicted molar refractivity (Wildman–Crippen MR) is 124 cm³/mol. The van der Waals surface area contributed by atoms with Gasteiger partial charge in [0.2, 0.25) is 0 Å².